The molecule has 1 aromatic rings. The first-order chi connectivity index (χ1) is 7.78. The van der Waals surface area contributed by atoms with Crippen molar-refractivity contribution in [3.8, 4) is 0 Å². The largest absolute Gasteiger partial charge is 0.457 e. The predicted molar refractivity (Wildman–Crippen MR) is 70.1 cm³/mol. The monoisotopic (exact) mass is 234 g/mol. The smallest absolute Gasteiger partial charge is 0.331 e. The highest BCUT2D eigenvalue weighted by atomic mass is 16.6. The zero-order valence-corrected chi connectivity index (χ0v) is 10.4. The average Bonchev–Trinajstić information content (AvgIpc) is 2.17. The Balaban J connectivity index is 2.71. The van der Waals surface area contributed by atoms with Crippen molar-refractivity contribution in [2.24, 2.45) is 0 Å². The van der Waals surface area contributed by atoms with Crippen LogP contribution in [-0.4, -0.2) is 11.6 Å². The number of nitrogens with two attached hydrogens (primary N) is 2. The van der Waals surface area contributed by atoms with E-state index in [0.717, 1.165) is 5.56 Å². The zero-order valence-electron chi connectivity index (χ0n) is 10.4. The summed E-state index contributed by atoms with van der Waals surface area (Å²) in [4.78, 5) is 11.4. The van der Waals surface area contributed by atoms with Crippen molar-refractivity contribution in [1.82, 2.24) is 0 Å². The Kier molecular flexibility index (Phi) is 3.78. The molecule has 0 bridgehead atoms. The van der Waals surface area contributed by atoms with E-state index < -0.39 is 5.60 Å². The summed E-state index contributed by atoms with van der Waals surface area (Å²) >= 11 is 0. The molecule has 1 aromatic carbocycles. The maximum absolute atomic E-state index is 11.4. The van der Waals surface area contributed by atoms with E-state index >= 15 is 0 Å². The number of carbonyl (C=O) groups is 1. The standard InChI is InChI=1S/C13H18N2O2/c1-13(2,3)17-12(16)7-5-9-4-6-10(14)11(15)8-9/h4-8H,14-15H2,1-3H3/b7-5+. The maximum atomic E-state index is 11.4. The Bertz CT molecular complexity index is 445. The highest BCUT2D eigenvalue weighted by Crippen LogP contribution is 2.17. The van der Waals surface area contributed by atoms with Gasteiger partial charge in [-0.25, -0.2) is 4.79 Å². The molecule has 0 atom stereocenters. The lowest BCUT2D eigenvalue weighted by Gasteiger charge is -2.17. The number of ether oxygens (including phenoxy) is 1. The molecule has 0 aliphatic carbocycles. The molecule has 0 unspecified atom stereocenters. The van der Waals surface area contributed by atoms with E-state index in [0.29, 0.717) is 11.4 Å². The fraction of sp³-hybridized carbons (Fsp3) is 0.308. The first-order valence-corrected chi connectivity index (χ1v) is 5.34. The van der Waals surface area contributed by atoms with E-state index in [-0.39, 0.29) is 5.97 Å². The van der Waals surface area contributed by atoms with E-state index in [9.17, 15) is 4.79 Å². The lowest BCUT2D eigenvalue weighted by Crippen LogP contribution is -2.22. The summed E-state index contributed by atoms with van der Waals surface area (Å²) in [5.74, 6) is -0.382. The SMILES string of the molecule is CC(C)(C)OC(=O)/C=C/c1ccc(N)c(N)c1. The van der Waals surface area contributed by atoms with Crippen molar-refractivity contribution in [3.63, 3.8) is 0 Å². The quantitative estimate of drug-likeness (QED) is 0.467. The summed E-state index contributed by atoms with van der Waals surface area (Å²) < 4.78 is 5.13. The third-order valence-electron chi connectivity index (χ3n) is 1.93. The van der Waals surface area contributed by atoms with Gasteiger partial charge in [-0.05, 0) is 44.5 Å². The Morgan fingerprint density at radius 1 is 1.24 bits per heavy atom. The molecule has 0 aliphatic heterocycles. The van der Waals surface area contributed by atoms with Crippen LogP contribution in [0.4, 0.5) is 11.4 Å². The van der Waals surface area contributed by atoms with E-state index in [4.69, 9.17) is 16.2 Å². The van der Waals surface area contributed by atoms with Crippen molar-refractivity contribution in [2.75, 3.05) is 11.5 Å². The number of esters is 1. The van der Waals surface area contributed by atoms with Crippen LogP contribution in [0.1, 0.15) is 26.3 Å². The van der Waals surface area contributed by atoms with Gasteiger partial charge in [0.05, 0.1) is 11.4 Å². The lowest BCUT2D eigenvalue weighted by molar-refractivity contribution is -0.148. The van der Waals surface area contributed by atoms with Gasteiger partial charge in [0.15, 0.2) is 0 Å². The molecule has 4 nitrogen and oxygen atoms in total. The molecule has 92 valence electrons. The third-order valence-corrected chi connectivity index (χ3v) is 1.93. The molecule has 0 fully saturated rings. The van der Waals surface area contributed by atoms with Gasteiger partial charge in [-0.2, -0.15) is 0 Å². The second-order valence-electron chi connectivity index (χ2n) is 4.76. The maximum Gasteiger partial charge on any atom is 0.331 e. The summed E-state index contributed by atoms with van der Waals surface area (Å²) in [5.41, 5.74) is 12.6. The number of rotatable bonds is 2. The topological polar surface area (TPSA) is 78.3 Å². The molecule has 17 heavy (non-hydrogen) atoms. The first kappa shape index (κ1) is 13.1. The van der Waals surface area contributed by atoms with Crippen molar-refractivity contribution in [3.05, 3.63) is 29.8 Å². The van der Waals surface area contributed by atoms with Crippen LogP contribution in [0.15, 0.2) is 24.3 Å². The van der Waals surface area contributed by atoms with Crippen LogP contribution >= 0.6 is 0 Å². The van der Waals surface area contributed by atoms with Crippen molar-refractivity contribution >= 4 is 23.4 Å². The molecule has 0 radical (unpaired) electrons. The van der Waals surface area contributed by atoms with Crippen molar-refractivity contribution < 1.29 is 9.53 Å². The van der Waals surface area contributed by atoms with Crippen LogP contribution in [-0.2, 0) is 9.53 Å². The lowest BCUT2D eigenvalue weighted by atomic mass is 10.1. The predicted octanol–water partition coefficient (Wildman–Crippen LogP) is 2.21. The van der Waals surface area contributed by atoms with E-state index in [1.54, 1.807) is 24.3 Å². The van der Waals surface area contributed by atoms with Gasteiger partial charge >= 0.3 is 5.97 Å². The number of hydrogen-bond donors (Lipinski definition) is 2. The number of hydrogen-bond acceptors (Lipinski definition) is 4. The fourth-order valence-corrected chi connectivity index (χ4v) is 1.20. The molecular formula is C13H18N2O2. The van der Waals surface area contributed by atoms with Gasteiger partial charge in [0, 0.05) is 6.08 Å². The molecule has 0 saturated carbocycles. The fourth-order valence-electron chi connectivity index (χ4n) is 1.20. The molecule has 0 aliphatic rings. The number of benzene rings is 1. The zero-order chi connectivity index (χ0) is 13.1. The van der Waals surface area contributed by atoms with Gasteiger partial charge in [0.25, 0.3) is 0 Å². The minimum Gasteiger partial charge on any atom is -0.457 e. The molecule has 4 heteroatoms. The number of anilines is 2. The first-order valence-electron chi connectivity index (χ1n) is 5.34. The van der Waals surface area contributed by atoms with E-state index in [1.165, 1.54) is 6.08 Å². The molecule has 0 amide bonds. The van der Waals surface area contributed by atoms with E-state index in [2.05, 4.69) is 0 Å². The van der Waals surface area contributed by atoms with Gasteiger partial charge < -0.3 is 16.2 Å². The minimum absolute atomic E-state index is 0.382. The third kappa shape index (κ3) is 4.59. The summed E-state index contributed by atoms with van der Waals surface area (Å²) in [6, 6.07) is 5.19. The normalized spacial score (nSPS) is 11.7. The summed E-state index contributed by atoms with van der Waals surface area (Å²) in [6.45, 7) is 5.46. The van der Waals surface area contributed by atoms with Crippen molar-refractivity contribution in [2.45, 2.75) is 26.4 Å². The Labute approximate surface area is 101 Å². The number of carbonyl (C=O) groups excluding carboxylic acids is 1. The second kappa shape index (κ2) is 4.91. The van der Waals surface area contributed by atoms with Crippen molar-refractivity contribution in [1.29, 1.82) is 0 Å². The van der Waals surface area contributed by atoms with Gasteiger partial charge in [-0.1, -0.05) is 6.07 Å². The molecule has 0 aromatic heterocycles. The van der Waals surface area contributed by atoms with Gasteiger partial charge in [-0.3, -0.25) is 0 Å². The van der Waals surface area contributed by atoms with Gasteiger partial charge in [-0.15, -0.1) is 0 Å². The average molecular weight is 234 g/mol. The Morgan fingerprint density at radius 3 is 2.41 bits per heavy atom. The highest BCUT2D eigenvalue weighted by Gasteiger charge is 2.13. The summed E-state index contributed by atoms with van der Waals surface area (Å²) in [6.07, 6.45) is 3.01. The Morgan fingerprint density at radius 2 is 1.88 bits per heavy atom. The van der Waals surface area contributed by atoms with Gasteiger partial charge in [0.1, 0.15) is 5.60 Å². The molecule has 0 heterocycles. The van der Waals surface area contributed by atoms with Gasteiger partial charge in [0.2, 0.25) is 0 Å². The molecule has 1 rings (SSSR count). The van der Waals surface area contributed by atoms with Crippen LogP contribution in [0.5, 0.6) is 0 Å². The highest BCUT2D eigenvalue weighted by molar-refractivity contribution is 5.87. The number of nitrogen functional groups attached to an aromatic ring is 2. The van der Waals surface area contributed by atoms with Crippen LogP contribution in [0, 0.1) is 0 Å². The molecule has 0 spiro atoms. The van der Waals surface area contributed by atoms with Crippen LogP contribution in [0.25, 0.3) is 6.08 Å². The van der Waals surface area contributed by atoms with E-state index in [1.807, 2.05) is 20.8 Å². The van der Waals surface area contributed by atoms with Crippen LogP contribution in [0.3, 0.4) is 0 Å². The second-order valence-corrected chi connectivity index (χ2v) is 4.76. The summed E-state index contributed by atoms with van der Waals surface area (Å²) in [7, 11) is 0. The molecular weight excluding hydrogens is 216 g/mol. The molecule has 4 N–H and O–H groups in total. The Hall–Kier alpha value is -1.97. The summed E-state index contributed by atoms with van der Waals surface area (Å²) in [5, 5.41) is 0. The van der Waals surface area contributed by atoms with Crippen LogP contribution in [0.2, 0.25) is 0 Å². The van der Waals surface area contributed by atoms with Crippen LogP contribution < -0.4 is 11.5 Å². The minimum atomic E-state index is -0.485. The molecule has 0 saturated heterocycles.